The Labute approximate surface area is 113 Å². The second kappa shape index (κ2) is 5.17. The van der Waals surface area contributed by atoms with Gasteiger partial charge in [-0.3, -0.25) is 4.79 Å². The van der Waals surface area contributed by atoms with Gasteiger partial charge < -0.3 is 15.5 Å². The van der Waals surface area contributed by atoms with Crippen LogP contribution in [-0.4, -0.2) is 42.0 Å². The van der Waals surface area contributed by atoms with Gasteiger partial charge in [-0.2, -0.15) is 0 Å². The predicted molar refractivity (Wildman–Crippen MR) is 73.6 cm³/mol. The fourth-order valence-corrected chi connectivity index (χ4v) is 2.47. The summed E-state index contributed by atoms with van der Waals surface area (Å²) in [6.45, 7) is 3.89. The number of pyridine rings is 1. The molecule has 0 radical (unpaired) electrons. The zero-order valence-corrected chi connectivity index (χ0v) is 11.1. The van der Waals surface area contributed by atoms with E-state index in [-0.39, 0.29) is 0 Å². The van der Waals surface area contributed by atoms with Crippen molar-refractivity contribution < 1.29 is 4.79 Å². The summed E-state index contributed by atoms with van der Waals surface area (Å²) in [5, 5.41) is 0. The van der Waals surface area contributed by atoms with Gasteiger partial charge in [0.25, 0.3) is 0 Å². The number of hydrogen-bond donors (Lipinski definition) is 1. The Bertz CT molecular complexity index is 447. The minimum atomic E-state index is 0.327. The molecule has 0 bridgehead atoms. The summed E-state index contributed by atoms with van der Waals surface area (Å²) in [6, 6.07) is 4.03. The van der Waals surface area contributed by atoms with E-state index in [9.17, 15) is 4.79 Å². The second-order valence-corrected chi connectivity index (χ2v) is 5.32. The summed E-state index contributed by atoms with van der Waals surface area (Å²) >= 11 is 0. The van der Waals surface area contributed by atoms with E-state index in [1.807, 2.05) is 23.2 Å². The highest BCUT2D eigenvalue weighted by molar-refractivity contribution is 5.81. The van der Waals surface area contributed by atoms with Crippen LogP contribution in [0.25, 0.3) is 0 Å². The molecule has 1 saturated heterocycles. The SMILES string of the molecule is NCc1ccc(N2CCN(C(=O)C3CC3)CC2)nc1. The van der Waals surface area contributed by atoms with Crippen LogP contribution in [0.5, 0.6) is 0 Å². The quantitative estimate of drug-likeness (QED) is 0.864. The molecule has 1 aromatic heterocycles. The summed E-state index contributed by atoms with van der Waals surface area (Å²) in [5.74, 6) is 1.66. The molecule has 1 amide bonds. The number of carbonyl (C=O) groups excluding carboxylic acids is 1. The highest BCUT2D eigenvalue weighted by atomic mass is 16.2. The van der Waals surface area contributed by atoms with Crippen LogP contribution in [0, 0.1) is 5.92 Å². The monoisotopic (exact) mass is 260 g/mol. The minimum Gasteiger partial charge on any atom is -0.353 e. The summed E-state index contributed by atoms with van der Waals surface area (Å²) in [4.78, 5) is 20.6. The van der Waals surface area contributed by atoms with Crippen molar-refractivity contribution in [2.45, 2.75) is 19.4 Å². The Morgan fingerprint density at radius 3 is 2.53 bits per heavy atom. The van der Waals surface area contributed by atoms with Crippen molar-refractivity contribution in [1.82, 2.24) is 9.88 Å². The van der Waals surface area contributed by atoms with E-state index in [2.05, 4.69) is 9.88 Å². The van der Waals surface area contributed by atoms with Crippen LogP contribution in [0.1, 0.15) is 18.4 Å². The van der Waals surface area contributed by atoms with Gasteiger partial charge in [0.05, 0.1) is 0 Å². The van der Waals surface area contributed by atoms with Crippen molar-refractivity contribution in [2.24, 2.45) is 11.7 Å². The van der Waals surface area contributed by atoms with Gasteiger partial charge in [0.15, 0.2) is 0 Å². The number of aromatic nitrogens is 1. The fraction of sp³-hybridized carbons (Fsp3) is 0.571. The lowest BCUT2D eigenvalue weighted by molar-refractivity contribution is -0.132. The van der Waals surface area contributed by atoms with Gasteiger partial charge in [-0.15, -0.1) is 0 Å². The first kappa shape index (κ1) is 12.4. The first-order chi connectivity index (χ1) is 9.28. The Balaban J connectivity index is 1.58. The molecular formula is C14H20N4O. The first-order valence-electron chi connectivity index (χ1n) is 6.96. The van der Waals surface area contributed by atoms with E-state index in [1.54, 1.807) is 0 Å². The summed E-state index contributed by atoms with van der Waals surface area (Å²) in [6.07, 6.45) is 4.00. The van der Waals surface area contributed by atoms with Crippen molar-refractivity contribution in [3.8, 4) is 0 Å². The average molecular weight is 260 g/mol. The van der Waals surface area contributed by atoms with Crippen molar-refractivity contribution in [3.05, 3.63) is 23.9 Å². The van der Waals surface area contributed by atoms with Gasteiger partial charge in [0.2, 0.25) is 5.91 Å². The normalized spacial score (nSPS) is 19.6. The fourth-order valence-electron chi connectivity index (χ4n) is 2.47. The van der Waals surface area contributed by atoms with Gasteiger partial charge in [-0.1, -0.05) is 6.07 Å². The minimum absolute atomic E-state index is 0.327. The number of anilines is 1. The lowest BCUT2D eigenvalue weighted by Gasteiger charge is -2.35. The van der Waals surface area contributed by atoms with Crippen molar-refractivity contribution in [3.63, 3.8) is 0 Å². The smallest absolute Gasteiger partial charge is 0.225 e. The average Bonchev–Trinajstić information content (AvgIpc) is 3.31. The Kier molecular flexibility index (Phi) is 3.38. The van der Waals surface area contributed by atoms with Crippen LogP contribution in [0.4, 0.5) is 5.82 Å². The molecular weight excluding hydrogens is 240 g/mol. The molecule has 1 aliphatic carbocycles. The molecule has 2 heterocycles. The molecule has 19 heavy (non-hydrogen) atoms. The molecule has 0 aromatic carbocycles. The molecule has 3 rings (SSSR count). The predicted octanol–water partition coefficient (Wildman–Crippen LogP) is 0.599. The van der Waals surface area contributed by atoms with Crippen molar-refractivity contribution in [1.29, 1.82) is 0 Å². The molecule has 2 fully saturated rings. The summed E-state index contributed by atoms with van der Waals surface area (Å²) < 4.78 is 0. The Morgan fingerprint density at radius 1 is 1.26 bits per heavy atom. The van der Waals surface area contributed by atoms with Gasteiger partial charge >= 0.3 is 0 Å². The molecule has 1 saturated carbocycles. The Morgan fingerprint density at radius 2 is 2.00 bits per heavy atom. The number of nitrogens with two attached hydrogens (primary N) is 1. The number of piperazine rings is 1. The number of hydrogen-bond acceptors (Lipinski definition) is 4. The number of nitrogens with zero attached hydrogens (tertiary/aromatic N) is 3. The molecule has 0 spiro atoms. The van der Waals surface area contributed by atoms with E-state index in [0.29, 0.717) is 18.4 Å². The Hall–Kier alpha value is -1.62. The molecule has 1 aliphatic heterocycles. The van der Waals surface area contributed by atoms with Crippen molar-refractivity contribution >= 4 is 11.7 Å². The third-order valence-corrected chi connectivity index (χ3v) is 3.89. The molecule has 2 N–H and O–H groups in total. The van der Waals surface area contributed by atoms with Gasteiger partial charge in [-0.25, -0.2) is 4.98 Å². The molecule has 5 heteroatoms. The highest BCUT2D eigenvalue weighted by Crippen LogP contribution is 2.31. The molecule has 1 aromatic rings. The number of rotatable bonds is 3. The largest absolute Gasteiger partial charge is 0.353 e. The highest BCUT2D eigenvalue weighted by Gasteiger charge is 2.34. The third kappa shape index (κ3) is 2.71. The summed E-state index contributed by atoms with van der Waals surface area (Å²) in [5.41, 5.74) is 6.61. The van der Waals surface area contributed by atoms with Crippen LogP contribution < -0.4 is 10.6 Å². The summed E-state index contributed by atoms with van der Waals surface area (Å²) in [7, 11) is 0. The standard InChI is InChI=1S/C14H20N4O/c15-9-11-1-4-13(16-10-11)17-5-7-18(8-6-17)14(19)12-2-3-12/h1,4,10,12H,2-3,5-9,15H2. The van der Waals surface area contributed by atoms with Crippen LogP contribution in [0.15, 0.2) is 18.3 Å². The van der Waals surface area contributed by atoms with Crippen molar-refractivity contribution in [2.75, 3.05) is 31.1 Å². The molecule has 0 unspecified atom stereocenters. The topological polar surface area (TPSA) is 62.5 Å². The molecule has 0 atom stereocenters. The van der Waals surface area contributed by atoms with Crippen LogP contribution >= 0.6 is 0 Å². The van der Waals surface area contributed by atoms with E-state index in [0.717, 1.165) is 50.4 Å². The zero-order valence-electron chi connectivity index (χ0n) is 11.1. The maximum Gasteiger partial charge on any atom is 0.225 e. The lowest BCUT2D eigenvalue weighted by atomic mass is 10.2. The van der Waals surface area contributed by atoms with Gasteiger partial charge in [-0.05, 0) is 24.5 Å². The molecule has 102 valence electrons. The van der Waals surface area contributed by atoms with E-state index in [1.165, 1.54) is 0 Å². The molecule has 5 nitrogen and oxygen atoms in total. The van der Waals surface area contributed by atoms with Crippen LogP contribution in [0.3, 0.4) is 0 Å². The van der Waals surface area contributed by atoms with Gasteiger partial charge in [0, 0.05) is 44.8 Å². The van der Waals surface area contributed by atoms with Gasteiger partial charge in [0.1, 0.15) is 5.82 Å². The lowest BCUT2D eigenvalue weighted by Crippen LogP contribution is -2.49. The van der Waals surface area contributed by atoms with E-state index in [4.69, 9.17) is 5.73 Å². The second-order valence-electron chi connectivity index (χ2n) is 5.32. The van der Waals surface area contributed by atoms with Crippen LogP contribution in [-0.2, 0) is 11.3 Å². The maximum absolute atomic E-state index is 12.0. The maximum atomic E-state index is 12.0. The van der Waals surface area contributed by atoms with E-state index >= 15 is 0 Å². The van der Waals surface area contributed by atoms with E-state index < -0.39 is 0 Å². The number of carbonyl (C=O) groups is 1. The zero-order chi connectivity index (χ0) is 13.2. The number of amides is 1. The molecule has 2 aliphatic rings. The first-order valence-corrected chi connectivity index (χ1v) is 6.96. The van der Waals surface area contributed by atoms with Crippen LogP contribution in [0.2, 0.25) is 0 Å². The third-order valence-electron chi connectivity index (χ3n) is 3.89.